The molecule has 0 spiro atoms. The summed E-state index contributed by atoms with van der Waals surface area (Å²) in [5.74, 6) is 0.503. The first kappa shape index (κ1) is 16.0. The number of aliphatic imine (C=N–C) groups is 1. The van der Waals surface area contributed by atoms with E-state index in [4.69, 9.17) is 5.73 Å². The first-order valence-corrected chi connectivity index (χ1v) is 7.57. The van der Waals surface area contributed by atoms with Crippen molar-refractivity contribution in [3.05, 3.63) is 29.8 Å². The second-order valence-corrected chi connectivity index (χ2v) is 6.13. The van der Waals surface area contributed by atoms with Crippen LogP contribution in [0, 0.1) is 0 Å². The average Bonchev–Trinajstić information content (AvgIpc) is 2.79. The predicted octanol–water partition coefficient (Wildman–Crippen LogP) is 3.77. The van der Waals surface area contributed by atoms with Crippen molar-refractivity contribution in [2.75, 3.05) is 6.54 Å². The van der Waals surface area contributed by atoms with Gasteiger partial charge in [-0.25, -0.2) is 0 Å². The third-order valence-corrected chi connectivity index (χ3v) is 4.33. The zero-order chi connectivity index (χ0) is 15.6. The van der Waals surface area contributed by atoms with Gasteiger partial charge in [0.05, 0.1) is 12.6 Å². The monoisotopic (exact) mass is 317 g/mol. The topological polar surface area (TPSA) is 41.6 Å². The van der Waals surface area contributed by atoms with Crippen molar-refractivity contribution >= 4 is 17.7 Å². The number of alkyl halides is 3. The van der Waals surface area contributed by atoms with Gasteiger partial charge >= 0.3 is 5.51 Å². The van der Waals surface area contributed by atoms with Crippen molar-refractivity contribution in [1.29, 1.82) is 0 Å². The minimum Gasteiger partial charge on any atom is -0.370 e. The third-order valence-electron chi connectivity index (χ3n) is 3.59. The minimum atomic E-state index is -4.26. The standard InChI is InChI=1S/C14H18F3N3S/c1-3-9(2)20-12(8-19-13(20)18)10-4-6-11(7-5-10)21-14(15,16)17/h4-7,9,12H,3,8H2,1-2H3,(H2,18,19). The molecule has 21 heavy (non-hydrogen) atoms. The maximum Gasteiger partial charge on any atom is 0.446 e. The zero-order valence-corrected chi connectivity index (χ0v) is 12.7. The van der Waals surface area contributed by atoms with Crippen LogP contribution in [0.3, 0.4) is 0 Å². The van der Waals surface area contributed by atoms with E-state index in [0.29, 0.717) is 12.5 Å². The van der Waals surface area contributed by atoms with E-state index in [-0.39, 0.29) is 28.7 Å². The molecule has 2 N–H and O–H groups in total. The smallest absolute Gasteiger partial charge is 0.370 e. The molecule has 2 atom stereocenters. The van der Waals surface area contributed by atoms with E-state index in [0.717, 1.165) is 12.0 Å². The summed E-state index contributed by atoms with van der Waals surface area (Å²) in [5.41, 5.74) is 2.60. The van der Waals surface area contributed by atoms with E-state index in [1.54, 1.807) is 12.1 Å². The van der Waals surface area contributed by atoms with Crippen LogP contribution in [0.1, 0.15) is 31.9 Å². The SMILES string of the molecule is CCC(C)N1C(N)=NCC1c1ccc(SC(F)(F)F)cc1. The Hall–Kier alpha value is -1.37. The van der Waals surface area contributed by atoms with E-state index in [1.165, 1.54) is 12.1 Å². The Labute approximate surface area is 126 Å². The van der Waals surface area contributed by atoms with Crippen LogP contribution < -0.4 is 5.73 Å². The third kappa shape index (κ3) is 3.84. The summed E-state index contributed by atoms with van der Waals surface area (Å²) < 4.78 is 37.0. The van der Waals surface area contributed by atoms with Crippen molar-refractivity contribution in [1.82, 2.24) is 4.90 Å². The van der Waals surface area contributed by atoms with Crippen LogP contribution in [-0.4, -0.2) is 29.0 Å². The number of nitrogens with two attached hydrogens (primary N) is 1. The lowest BCUT2D eigenvalue weighted by molar-refractivity contribution is -0.0328. The molecule has 1 aliphatic rings. The second-order valence-electron chi connectivity index (χ2n) is 5.00. The van der Waals surface area contributed by atoms with E-state index >= 15 is 0 Å². The van der Waals surface area contributed by atoms with Gasteiger partial charge < -0.3 is 10.6 Å². The zero-order valence-electron chi connectivity index (χ0n) is 11.9. The first-order valence-electron chi connectivity index (χ1n) is 6.75. The highest BCUT2D eigenvalue weighted by Gasteiger charge is 2.31. The molecule has 0 saturated carbocycles. The molecular formula is C14H18F3N3S. The molecule has 0 saturated heterocycles. The van der Waals surface area contributed by atoms with Gasteiger partial charge in [0.1, 0.15) is 0 Å². The van der Waals surface area contributed by atoms with Crippen LogP contribution in [0.4, 0.5) is 13.2 Å². The van der Waals surface area contributed by atoms with Crippen LogP contribution in [0.5, 0.6) is 0 Å². The highest BCUT2D eigenvalue weighted by atomic mass is 32.2. The Bertz CT molecular complexity index is 513. The Kier molecular flexibility index (Phi) is 4.70. The van der Waals surface area contributed by atoms with E-state index in [9.17, 15) is 13.2 Å². The number of halogens is 3. The van der Waals surface area contributed by atoms with Crippen LogP contribution in [-0.2, 0) is 0 Å². The Morgan fingerprint density at radius 3 is 2.52 bits per heavy atom. The van der Waals surface area contributed by atoms with Crippen molar-refractivity contribution in [3.63, 3.8) is 0 Å². The molecule has 0 bridgehead atoms. The van der Waals surface area contributed by atoms with Crippen LogP contribution in [0.15, 0.2) is 34.2 Å². The van der Waals surface area contributed by atoms with Gasteiger partial charge in [0.2, 0.25) is 0 Å². The van der Waals surface area contributed by atoms with Gasteiger partial charge in [-0.2, -0.15) is 13.2 Å². The number of guanidine groups is 1. The predicted molar refractivity (Wildman–Crippen MR) is 79.2 cm³/mol. The number of thioether (sulfide) groups is 1. The maximum absolute atomic E-state index is 12.3. The van der Waals surface area contributed by atoms with E-state index in [1.807, 2.05) is 4.90 Å². The van der Waals surface area contributed by atoms with Crippen LogP contribution in [0.2, 0.25) is 0 Å². The molecule has 1 aromatic carbocycles. The Morgan fingerprint density at radius 2 is 2.00 bits per heavy atom. The molecule has 1 aliphatic heterocycles. The van der Waals surface area contributed by atoms with Gasteiger partial charge in [0.25, 0.3) is 0 Å². The molecule has 3 nitrogen and oxygen atoms in total. The first-order chi connectivity index (χ1) is 9.81. The summed E-state index contributed by atoms with van der Waals surface area (Å²) in [5, 5.41) is 0. The number of benzene rings is 1. The minimum absolute atomic E-state index is 0.00452. The molecule has 0 amide bonds. The molecule has 0 aliphatic carbocycles. The van der Waals surface area contributed by atoms with Crippen molar-refractivity contribution in [2.45, 2.75) is 42.8 Å². The fraction of sp³-hybridized carbons (Fsp3) is 0.500. The van der Waals surface area contributed by atoms with Gasteiger partial charge in [0, 0.05) is 10.9 Å². The van der Waals surface area contributed by atoms with E-state index < -0.39 is 5.51 Å². The molecule has 0 fully saturated rings. The van der Waals surface area contributed by atoms with Gasteiger partial charge in [-0.05, 0) is 42.8 Å². The molecule has 7 heteroatoms. The van der Waals surface area contributed by atoms with E-state index in [2.05, 4.69) is 18.8 Å². The molecule has 0 radical (unpaired) electrons. The Balaban J connectivity index is 2.15. The highest BCUT2D eigenvalue weighted by Crippen LogP contribution is 2.37. The molecule has 1 heterocycles. The summed E-state index contributed by atoms with van der Waals surface area (Å²) in [6.45, 7) is 4.67. The number of nitrogens with zero attached hydrogens (tertiary/aromatic N) is 2. The summed E-state index contributed by atoms with van der Waals surface area (Å²) in [6.07, 6.45) is 0.925. The van der Waals surface area contributed by atoms with Gasteiger partial charge in [0.15, 0.2) is 5.96 Å². The lowest BCUT2D eigenvalue weighted by atomic mass is 10.0. The van der Waals surface area contributed by atoms with Crippen molar-refractivity contribution in [3.8, 4) is 0 Å². The van der Waals surface area contributed by atoms with Gasteiger partial charge in [-0.3, -0.25) is 4.99 Å². The number of rotatable bonds is 4. The summed E-state index contributed by atoms with van der Waals surface area (Å²) >= 11 is -0.103. The fourth-order valence-electron chi connectivity index (χ4n) is 2.40. The average molecular weight is 317 g/mol. The summed E-state index contributed by atoms with van der Waals surface area (Å²) in [7, 11) is 0. The van der Waals surface area contributed by atoms with Crippen molar-refractivity contribution < 1.29 is 13.2 Å². The highest BCUT2D eigenvalue weighted by molar-refractivity contribution is 8.00. The molecule has 2 unspecified atom stereocenters. The molecular weight excluding hydrogens is 299 g/mol. The Morgan fingerprint density at radius 1 is 1.38 bits per heavy atom. The second kappa shape index (κ2) is 6.17. The summed E-state index contributed by atoms with van der Waals surface area (Å²) in [4.78, 5) is 6.48. The largest absolute Gasteiger partial charge is 0.446 e. The van der Waals surface area contributed by atoms with Crippen LogP contribution in [0.25, 0.3) is 0 Å². The lowest BCUT2D eigenvalue weighted by Gasteiger charge is -2.32. The number of hydrogen-bond donors (Lipinski definition) is 1. The number of hydrogen-bond acceptors (Lipinski definition) is 4. The van der Waals surface area contributed by atoms with Gasteiger partial charge in [-0.1, -0.05) is 19.1 Å². The molecule has 2 rings (SSSR count). The normalized spacial score (nSPS) is 20.5. The fourth-order valence-corrected chi connectivity index (χ4v) is 2.94. The van der Waals surface area contributed by atoms with Crippen LogP contribution >= 0.6 is 11.8 Å². The molecule has 0 aromatic heterocycles. The molecule has 1 aromatic rings. The quantitative estimate of drug-likeness (QED) is 0.860. The van der Waals surface area contributed by atoms with Crippen molar-refractivity contribution in [2.24, 2.45) is 10.7 Å². The molecule has 116 valence electrons. The van der Waals surface area contributed by atoms with Gasteiger partial charge in [-0.15, -0.1) is 0 Å². The lowest BCUT2D eigenvalue weighted by Crippen LogP contribution is -2.42. The maximum atomic E-state index is 12.3. The summed E-state index contributed by atoms with van der Waals surface area (Å²) in [6, 6.07) is 6.69.